The molecular formula is C12H19N3O2. The number of likely N-dealkylation sites (tertiary alicyclic amines) is 1. The van der Waals surface area contributed by atoms with Crippen molar-refractivity contribution in [2.24, 2.45) is 0 Å². The second-order valence-electron chi connectivity index (χ2n) is 4.81. The second-order valence-corrected chi connectivity index (χ2v) is 4.81. The van der Waals surface area contributed by atoms with Crippen LogP contribution >= 0.6 is 0 Å². The zero-order valence-corrected chi connectivity index (χ0v) is 10.5. The highest BCUT2D eigenvalue weighted by Crippen LogP contribution is 2.15. The van der Waals surface area contributed by atoms with Crippen LogP contribution in [0.15, 0.2) is 4.42 Å². The average molecular weight is 237 g/mol. The van der Waals surface area contributed by atoms with E-state index in [-0.39, 0.29) is 17.7 Å². The van der Waals surface area contributed by atoms with Crippen molar-refractivity contribution < 1.29 is 9.21 Å². The lowest BCUT2D eigenvalue weighted by Gasteiger charge is -2.17. The first kappa shape index (κ1) is 12.1. The van der Waals surface area contributed by atoms with Crippen molar-refractivity contribution in [2.45, 2.75) is 45.4 Å². The van der Waals surface area contributed by atoms with Crippen LogP contribution in [-0.4, -0.2) is 34.1 Å². The Kier molecular flexibility index (Phi) is 3.76. The molecule has 2 heterocycles. The molecule has 1 aromatic heterocycles. The number of hydrogen-bond donors (Lipinski definition) is 0. The van der Waals surface area contributed by atoms with Gasteiger partial charge < -0.3 is 9.32 Å². The molecular weight excluding hydrogens is 218 g/mol. The fraction of sp³-hybridized carbons (Fsp3) is 0.750. The minimum Gasteiger partial charge on any atom is -0.417 e. The fourth-order valence-electron chi connectivity index (χ4n) is 1.96. The second kappa shape index (κ2) is 5.29. The minimum atomic E-state index is -0.119. The third-order valence-corrected chi connectivity index (χ3v) is 3.01. The molecule has 0 aromatic carbocycles. The summed E-state index contributed by atoms with van der Waals surface area (Å²) in [5.74, 6) is 0.707. The molecule has 0 bridgehead atoms. The monoisotopic (exact) mass is 237 g/mol. The Labute approximate surface area is 101 Å². The van der Waals surface area contributed by atoms with Crippen molar-refractivity contribution in [3.8, 4) is 0 Å². The summed E-state index contributed by atoms with van der Waals surface area (Å²) in [5.41, 5.74) is 0. The molecule has 0 saturated carbocycles. The Morgan fingerprint density at radius 2 is 1.82 bits per heavy atom. The van der Waals surface area contributed by atoms with Crippen LogP contribution in [0, 0.1) is 0 Å². The molecule has 1 fully saturated rings. The van der Waals surface area contributed by atoms with E-state index in [1.807, 2.05) is 18.7 Å². The highest BCUT2D eigenvalue weighted by atomic mass is 16.4. The molecule has 0 atom stereocenters. The van der Waals surface area contributed by atoms with E-state index in [0.29, 0.717) is 5.89 Å². The molecule has 1 aromatic rings. The molecule has 1 saturated heterocycles. The van der Waals surface area contributed by atoms with Crippen LogP contribution in [0.3, 0.4) is 0 Å². The molecule has 0 aliphatic carbocycles. The van der Waals surface area contributed by atoms with Gasteiger partial charge in [-0.1, -0.05) is 26.7 Å². The van der Waals surface area contributed by atoms with Crippen molar-refractivity contribution in [3.05, 3.63) is 11.8 Å². The van der Waals surface area contributed by atoms with Crippen LogP contribution < -0.4 is 0 Å². The first-order valence-electron chi connectivity index (χ1n) is 6.31. The topological polar surface area (TPSA) is 59.2 Å². The van der Waals surface area contributed by atoms with Gasteiger partial charge in [-0.25, -0.2) is 0 Å². The van der Waals surface area contributed by atoms with Gasteiger partial charge in [-0.05, 0) is 12.8 Å². The number of carbonyl (C=O) groups excluding carboxylic acids is 1. The van der Waals surface area contributed by atoms with Crippen LogP contribution in [0.4, 0.5) is 0 Å². The Balaban J connectivity index is 2.06. The van der Waals surface area contributed by atoms with Gasteiger partial charge in [-0.2, -0.15) is 0 Å². The summed E-state index contributed by atoms with van der Waals surface area (Å²) in [6, 6.07) is 0. The van der Waals surface area contributed by atoms with E-state index in [1.165, 1.54) is 12.8 Å². The summed E-state index contributed by atoms with van der Waals surface area (Å²) >= 11 is 0. The number of amides is 1. The van der Waals surface area contributed by atoms with Crippen molar-refractivity contribution in [2.75, 3.05) is 13.1 Å². The van der Waals surface area contributed by atoms with E-state index in [2.05, 4.69) is 10.2 Å². The number of aromatic nitrogens is 2. The Bertz CT molecular complexity index is 379. The zero-order chi connectivity index (χ0) is 12.3. The summed E-state index contributed by atoms with van der Waals surface area (Å²) in [4.78, 5) is 13.9. The molecule has 0 radical (unpaired) electrons. The molecule has 17 heavy (non-hydrogen) atoms. The SMILES string of the molecule is CC(C)c1nnc(C(=O)N2CCCCCC2)o1. The Hall–Kier alpha value is -1.39. The summed E-state index contributed by atoms with van der Waals surface area (Å²) < 4.78 is 5.39. The van der Waals surface area contributed by atoms with Crippen LogP contribution in [0.2, 0.25) is 0 Å². The summed E-state index contributed by atoms with van der Waals surface area (Å²) in [6.07, 6.45) is 4.53. The van der Waals surface area contributed by atoms with Crippen LogP contribution in [0.5, 0.6) is 0 Å². The molecule has 0 spiro atoms. The Morgan fingerprint density at radius 3 is 2.35 bits per heavy atom. The fourth-order valence-corrected chi connectivity index (χ4v) is 1.96. The zero-order valence-electron chi connectivity index (χ0n) is 10.5. The largest absolute Gasteiger partial charge is 0.417 e. The summed E-state index contributed by atoms with van der Waals surface area (Å²) in [6.45, 7) is 5.54. The van der Waals surface area contributed by atoms with Gasteiger partial charge in [0.05, 0.1) is 0 Å². The van der Waals surface area contributed by atoms with E-state index in [0.717, 1.165) is 25.9 Å². The molecule has 2 rings (SSSR count). The molecule has 5 heteroatoms. The lowest BCUT2D eigenvalue weighted by Crippen LogP contribution is -2.32. The lowest BCUT2D eigenvalue weighted by atomic mass is 10.2. The number of nitrogens with zero attached hydrogens (tertiary/aromatic N) is 3. The Morgan fingerprint density at radius 1 is 1.18 bits per heavy atom. The van der Waals surface area contributed by atoms with Gasteiger partial charge in [0.25, 0.3) is 0 Å². The molecule has 94 valence electrons. The summed E-state index contributed by atoms with van der Waals surface area (Å²) in [7, 11) is 0. The number of carbonyl (C=O) groups is 1. The first-order valence-corrected chi connectivity index (χ1v) is 6.31. The maximum absolute atomic E-state index is 12.1. The third-order valence-electron chi connectivity index (χ3n) is 3.01. The van der Waals surface area contributed by atoms with E-state index < -0.39 is 0 Å². The van der Waals surface area contributed by atoms with Crippen LogP contribution in [-0.2, 0) is 0 Å². The van der Waals surface area contributed by atoms with Gasteiger partial charge in [0, 0.05) is 19.0 Å². The standard InChI is InChI=1S/C12H19N3O2/c1-9(2)10-13-14-11(17-10)12(16)15-7-5-3-4-6-8-15/h9H,3-8H2,1-2H3. The van der Waals surface area contributed by atoms with Gasteiger partial charge in [0.15, 0.2) is 0 Å². The molecule has 5 nitrogen and oxygen atoms in total. The molecule has 1 amide bonds. The highest BCUT2D eigenvalue weighted by Gasteiger charge is 2.23. The lowest BCUT2D eigenvalue weighted by molar-refractivity contribution is 0.0719. The predicted molar refractivity (Wildman–Crippen MR) is 62.8 cm³/mol. The van der Waals surface area contributed by atoms with Crippen molar-refractivity contribution in [1.29, 1.82) is 0 Å². The summed E-state index contributed by atoms with van der Waals surface area (Å²) in [5, 5.41) is 7.73. The predicted octanol–water partition coefficient (Wildman–Crippen LogP) is 2.21. The molecule has 0 unspecified atom stereocenters. The maximum Gasteiger partial charge on any atom is 0.311 e. The quantitative estimate of drug-likeness (QED) is 0.791. The van der Waals surface area contributed by atoms with Gasteiger partial charge >= 0.3 is 11.8 Å². The third kappa shape index (κ3) is 2.84. The van der Waals surface area contributed by atoms with E-state index in [4.69, 9.17) is 4.42 Å². The van der Waals surface area contributed by atoms with Crippen LogP contribution in [0.1, 0.15) is 62.0 Å². The molecule has 0 N–H and O–H groups in total. The number of rotatable bonds is 2. The first-order chi connectivity index (χ1) is 8.18. The van der Waals surface area contributed by atoms with Crippen LogP contribution in [0.25, 0.3) is 0 Å². The van der Waals surface area contributed by atoms with Crippen molar-refractivity contribution in [1.82, 2.24) is 15.1 Å². The minimum absolute atomic E-state index is 0.119. The van der Waals surface area contributed by atoms with Gasteiger partial charge in [-0.3, -0.25) is 4.79 Å². The molecule has 1 aliphatic heterocycles. The van der Waals surface area contributed by atoms with Crippen molar-refractivity contribution >= 4 is 5.91 Å². The maximum atomic E-state index is 12.1. The van der Waals surface area contributed by atoms with Gasteiger partial charge in [0.1, 0.15) is 0 Å². The van der Waals surface area contributed by atoms with E-state index in [9.17, 15) is 4.79 Å². The average Bonchev–Trinajstić information content (AvgIpc) is 2.65. The number of hydrogen-bond acceptors (Lipinski definition) is 4. The highest BCUT2D eigenvalue weighted by molar-refractivity contribution is 5.89. The van der Waals surface area contributed by atoms with Crippen molar-refractivity contribution in [3.63, 3.8) is 0 Å². The van der Waals surface area contributed by atoms with E-state index in [1.54, 1.807) is 0 Å². The van der Waals surface area contributed by atoms with Gasteiger partial charge in [-0.15, -0.1) is 10.2 Å². The smallest absolute Gasteiger partial charge is 0.311 e. The van der Waals surface area contributed by atoms with Gasteiger partial charge in [0.2, 0.25) is 5.89 Å². The molecule has 1 aliphatic rings. The normalized spacial score (nSPS) is 17.2. The van der Waals surface area contributed by atoms with E-state index >= 15 is 0 Å².